The van der Waals surface area contributed by atoms with E-state index in [1.165, 1.54) is 108 Å². The zero-order chi connectivity index (χ0) is 23.4. The largest absolute Gasteiger partial charge is 0.508 e. The molecule has 0 spiro atoms. The van der Waals surface area contributed by atoms with E-state index in [-0.39, 0.29) is 23.9 Å². The van der Waals surface area contributed by atoms with Crippen molar-refractivity contribution in [2.24, 2.45) is 5.92 Å². The van der Waals surface area contributed by atoms with E-state index in [4.69, 9.17) is 4.74 Å². The van der Waals surface area contributed by atoms with Gasteiger partial charge in [0.1, 0.15) is 11.5 Å². The summed E-state index contributed by atoms with van der Waals surface area (Å²) >= 11 is 0. The maximum absolute atomic E-state index is 12.1. The van der Waals surface area contributed by atoms with E-state index in [1.807, 2.05) is 0 Å². The molecule has 1 unspecified atom stereocenters. The Bertz CT molecular complexity index is 579. The first-order valence-corrected chi connectivity index (χ1v) is 13.2. The lowest BCUT2D eigenvalue weighted by atomic mass is 9.98. The average Bonchev–Trinajstić information content (AvgIpc) is 2.75. The van der Waals surface area contributed by atoms with E-state index in [1.54, 1.807) is 0 Å². The number of aromatic hydroxyl groups is 2. The van der Waals surface area contributed by atoms with Crippen LogP contribution in [0.15, 0.2) is 18.2 Å². The minimum absolute atomic E-state index is 0.0444. The Kier molecular flexibility index (Phi) is 16.7. The standard InChI is InChI=1S/C28H48O4/c1-3-5-6-7-8-9-10-11-12-13-14-15-16-17-18-24(4-2)23-32-28(31)21-25-19-26(29)22-27(30)20-25/h19-20,22,24,29-30H,3-18,21,23H2,1-2H3. The van der Waals surface area contributed by atoms with E-state index in [2.05, 4.69) is 13.8 Å². The molecule has 0 amide bonds. The van der Waals surface area contributed by atoms with Crippen LogP contribution in [0.2, 0.25) is 0 Å². The summed E-state index contributed by atoms with van der Waals surface area (Å²) in [5.41, 5.74) is 0.563. The number of rotatable bonds is 20. The SMILES string of the molecule is CCCCCCCCCCCCCCCCC(CC)COC(=O)Cc1cc(O)cc(O)c1. The van der Waals surface area contributed by atoms with Crippen LogP contribution in [0.3, 0.4) is 0 Å². The third kappa shape index (κ3) is 15.2. The van der Waals surface area contributed by atoms with Crippen molar-refractivity contribution >= 4 is 5.97 Å². The highest BCUT2D eigenvalue weighted by Gasteiger charge is 2.12. The molecule has 0 heterocycles. The predicted octanol–water partition coefficient (Wildman–Crippen LogP) is 8.08. The molecule has 1 aromatic rings. The van der Waals surface area contributed by atoms with Crippen molar-refractivity contribution in [1.82, 2.24) is 0 Å². The van der Waals surface area contributed by atoms with Crippen LogP contribution in [0.25, 0.3) is 0 Å². The van der Waals surface area contributed by atoms with Gasteiger partial charge in [-0.25, -0.2) is 0 Å². The maximum Gasteiger partial charge on any atom is 0.310 e. The second-order valence-corrected chi connectivity index (χ2v) is 9.38. The summed E-state index contributed by atoms with van der Waals surface area (Å²) in [6.45, 7) is 4.88. The molecule has 0 saturated carbocycles. The second kappa shape index (κ2) is 18.8. The molecule has 4 nitrogen and oxygen atoms in total. The molecule has 0 bridgehead atoms. The van der Waals surface area contributed by atoms with Crippen LogP contribution in [0.4, 0.5) is 0 Å². The molecule has 32 heavy (non-hydrogen) atoms. The van der Waals surface area contributed by atoms with Crippen molar-refractivity contribution < 1.29 is 19.7 Å². The van der Waals surface area contributed by atoms with Crippen molar-refractivity contribution in [3.8, 4) is 11.5 Å². The minimum atomic E-state index is -0.311. The fraction of sp³-hybridized carbons (Fsp3) is 0.750. The van der Waals surface area contributed by atoms with E-state index in [0.29, 0.717) is 18.1 Å². The van der Waals surface area contributed by atoms with E-state index in [0.717, 1.165) is 12.8 Å². The van der Waals surface area contributed by atoms with Crippen molar-refractivity contribution in [3.05, 3.63) is 23.8 Å². The van der Waals surface area contributed by atoms with E-state index in [9.17, 15) is 15.0 Å². The molecule has 0 radical (unpaired) electrons. The summed E-state index contributed by atoms with van der Waals surface area (Å²) in [7, 11) is 0. The highest BCUT2D eigenvalue weighted by atomic mass is 16.5. The van der Waals surface area contributed by atoms with Crippen molar-refractivity contribution in [2.75, 3.05) is 6.61 Å². The quantitative estimate of drug-likeness (QED) is 0.156. The molecule has 0 aromatic heterocycles. The summed E-state index contributed by atoms with van der Waals surface area (Å²) in [6.07, 6.45) is 21.3. The molecule has 0 saturated heterocycles. The number of benzene rings is 1. The smallest absolute Gasteiger partial charge is 0.310 e. The fourth-order valence-corrected chi connectivity index (χ4v) is 4.22. The molecule has 0 aliphatic carbocycles. The van der Waals surface area contributed by atoms with Gasteiger partial charge < -0.3 is 14.9 Å². The Labute approximate surface area is 196 Å². The van der Waals surface area contributed by atoms with Gasteiger partial charge in [0, 0.05) is 6.07 Å². The summed E-state index contributed by atoms with van der Waals surface area (Å²) in [4.78, 5) is 12.1. The Morgan fingerprint density at radius 2 is 1.22 bits per heavy atom. The molecule has 1 rings (SSSR count). The number of unbranched alkanes of at least 4 members (excludes halogenated alkanes) is 13. The molecule has 4 heteroatoms. The van der Waals surface area contributed by atoms with Gasteiger partial charge in [0.05, 0.1) is 13.0 Å². The van der Waals surface area contributed by atoms with Gasteiger partial charge in [0.2, 0.25) is 0 Å². The molecule has 184 valence electrons. The number of hydrogen-bond donors (Lipinski definition) is 2. The molecule has 0 fully saturated rings. The number of carbonyl (C=O) groups is 1. The van der Waals surface area contributed by atoms with Gasteiger partial charge in [-0.3, -0.25) is 4.79 Å². The van der Waals surface area contributed by atoms with E-state index >= 15 is 0 Å². The summed E-state index contributed by atoms with van der Waals surface area (Å²) < 4.78 is 5.45. The van der Waals surface area contributed by atoms with E-state index < -0.39 is 0 Å². The molecular weight excluding hydrogens is 400 g/mol. The first-order valence-electron chi connectivity index (χ1n) is 13.2. The van der Waals surface area contributed by atoms with Crippen LogP contribution in [0, 0.1) is 5.92 Å². The van der Waals surface area contributed by atoms with Crippen LogP contribution in [0.1, 0.15) is 122 Å². The molecular formula is C28H48O4. The molecule has 2 N–H and O–H groups in total. The van der Waals surface area contributed by atoms with Crippen molar-refractivity contribution in [3.63, 3.8) is 0 Å². The van der Waals surface area contributed by atoms with Crippen LogP contribution in [0.5, 0.6) is 11.5 Å². The fourth-order valence-electron chi connectivity index (χ4n) is 4.22. The highest BCUT2D eigenvalue weighted by Crippen LogP contribution is 2.21. The third-order valence-corrected chi connectivity index (χ3v) is 6.33. The van der Waals surface area contributed by atoms with Gasteiger partial charge in [-0.15, -0.1) is 0 Å². The zero-order valence-corrected chi connectivity index (χ0v) is 20.7. The Morgan fingerprint density at radius 1 is 0.750 bits per heavy atom. The lowest BCUT2D eigenvalue weighted by Crippen LogP contribution is -2.15. The predicted molar refractivity (Wildman–Crippen MR) is 133 cm³/mol. The lowest BCUT2D eigenvalue weighted by Gasteiger charge is -2.15. The van der Waals surface area contributed by atoms with Crippen molar-refractivity contribution in [1.29, 1.82) is 0 Å². The molecule has 0 aliphatic rings. The monoisotopic (exact) mass is 448 g/mol. The number of carbonyl (C=O) groups excluding carboxylic acids is 1. The maximum atomic E-state index is 12.1. The Morgan fingerprint density at radius 3 is 1.69 bits per heavy atom. The zero-order valence-electron chi connectivity index (χ0n) is 20.7. The van der Waals surface area contributed by atoms with Gasteiger partial charge in [0.25, 0.3) is 0 Å². The van der Waals surface area contributed by atoms with Crippen molar-refractivity contribution in [2.45, 2.75) is 123 Å². The highest BCUT2D eigenvalue weighted by molar-refractivity contribution is 5.73. The Hall–Kier alpha value is -1.71. The minimum Gasteiger partial charge on any atom is -0.508 e. The number of ether oxygens (including phenoxy) is 1. The first kappa shape index (κ1) is 28.3. The third-order valence-electron chi connectivity index (χ3n) is 6.33. The van der Waals surface area contributed by atoms with Gasteiger partial charge in [-0.2, -0.15) is 0 Å². The van der Waals surface area contributed by atoms with Crippen LogP contribution in [-0.2, 0) is 16.0 Å². The topological polar surface area (TPSA) is 66.8 Å². The first-order chi connectivity index (χ1) is 15.5. The average molecular weight is 449 g/mol. The van der Waals surface area contributed by atoms with Gasteiger partial charge >= 0.3 is 5.97 Å². The summed E-state index contributed by atoms with van der Waals surface area (Å²) in [5, 5.41) is 19.0. The van der Waals surface area contributed by atoms with Gasteiger partial charge in [-0.05, 0) is 30.0 Å². The van der Waals surface area contributed by atoms with Gasteiger partial charge in [-0.1, -0.05) is 110 Å². The van der Waals surface area contributed by atoms with Crippen LogP contribution < -0.4 is 0 Å². The molecule has 1 atom stereocenters. The van der Waals surface area contributed by atoms with Crippen LogP contribution in [-0.4, -0.2) is 22.8 Å². The second-order valence-electron chi connectivity index (χ2n) is 9.38. The molecule has 1 aromatic carbocycles. The lowest BCUT2D eigenvalue weighted by molar-refractivity contribution is -0.144. The number of esters is 1. The molecule has 0 aliphatic heterocycles. The summed E-state index contributed by atoms with van der Waals surface area (Å²) in [6, 6.07) is 4.21. The number of hydrogen-bond acceptors (Lipinski definition) is 4. The number of phenols is 2. The number of phenolic OH excluding ortho intramolecular Hbond substituents is 2. The van der Waals surface area contributed by atoms with Crippen LogP contribution >= 0.6 is 0 Å². The summed E-state index contributed by atoms with van der Waals surface area (Å²) in [5.74, 6) is 0.0114. The normalized spacial score (nSPS) is 12.1. The van der Waals surface area contributed by atoms with Gasteiger partial charge in [0.15, 0.2) is 0 Å². The Balaban J connectivity index is 1.98.